The van der Waals surface area contributed by atoms with Crippen LogP contribution in [0.15, 0.2) is 33.5 Å². The Labute approximate surface area is 154 Å². The molecule has 0 spiro atoms. The number of sulfone groups is 1. The van der Waals surface area contributed by atoms with Gasteiger partial charge in [-0.05, 0) is 35.0 Å². The van der Waals surface area contributed by atoms with E-state index in [1.54, 1.807) is 17.5 Å². The topological polar surface area (TPSA) is 90.4 Å². The van der Waals surface area contributed by atoms with Gasteiger partial charge in [0.2, 0.25) is 5.89 Å². The van der Waals surface area contributed by atoms with Gasteiger partial charge in [0.25, 0.3) is 0 Å². The van der Waals surface area contributed by atoms with Gasteiger partial charge in [0.15, 0.2) is 15.7 Å². The normalized spacial score (nSPS) is 14.1. The molecule has 3 aromatic heterocycles. The first-order valence-electron chi connectivity index (χ1n) is 7.75. The van der Waals surface area contributed by atoms with E-state index < -0.39 is 15.1 Å². The van der Waals surface area contributed by atoms with Crippen LogP contribution in [0.25, 0.3) is 5.65 Å². The SMILES string of the molecule is C[C@@H](c1nc(C(C)(C)C)no1)S(=O)(=O)Cc1cn2cc(Br)ccc2n1. The van der Waals surface area contributed by atoms with E-state index in [4.69, 9.17) is 4.52 Å². The van der Waals surface area contributed by atoms with Gasteiger partial charge in [0.1, 0.15) is 10.9 Å². The van der Waals surface area contributed by atoms with Gasteiger partial charge in [-0.3, -0.25) is 0 Å². The number of fused-ring (bicyclic) bond motifs is 1. The maximum atomic E-state index is 12.7. The summed E-state index contributed by atoms with van der Waals surface area (Å²) in [7, 11) is -3.54. The Balaban J connectivity index is 1.86. The van der Waals surface area contributed by atoms with Crippen molar-refractivity contribution in [2.75, 3.05) is 0 Å². The molecule has 3 rings (SSSR count). The highest BCUT2D eigenvalue weighted by Crippen LogP contribution is 2.27. The minimum atomic E-state index is -3.54. The summed E-state index contributed by atoms with van der Waals surface area (Å²) in [5, 5.41) is 3.00. The zero-order valence-electron chi connectivity index (χ0n) is 14.4. The Morgan fingerprint density at radius 1 is 1.24 bits per heavy atom. The summed E-state index contributed by atoms with van der Waals surface area (Å²) >= 11 is 3.38. The Hall–Kier alpha value is -1.74. The van der Waals surface area contributed by atoms with E-state index in [-0.39, 0.29) is 17.1 Å². The second-order valence-electron chi connectivity index (χ2n) is 7.00. The number of aromatic nitrogens is 4. The average Bonchev–Trinajstić information content (AvgIpc) is 3.11. The van der Waals surface area contributed by atoms with E-state index in [2.05, 4.69) is 31.1 Å². The number of imidazole rings is 1. The molecule has 3 aromatic rings. The van der Waals surface area contributed by atoms with Gasteiger partial charge in [-0.2, -0.15) is 4.98 Å². The molecule has 1 atom stereocenters. The highest BCUT2D eigenvalue weighted by Gasteiger charge is 2.31. The first-order chi connectivity index (χ1) is 11.6. The molecule has 0 bridgehead atoms. The second kappa shape index (κ2) is 6.21. The standard InChI is InChI=1S/C16H19BrN4O3S/c1-10(14-19-15(20-24-14)16(2,3)4)25(22,23)9-12-8-21-7-11(17)5-6-13(21)18-12/h5-8,10H,9H2,1-4H3/t10-/m0/s1. The third-order valence-electron chi connectivity index (χ3n) is 3.81. The lowest BCUT2D eigenvalue weighted by atomic mass is 9.96. The molecule has 134 valence electrons. The largest absolute Gasteiger partial charge is 0.338 e. The third-order valence-corrected chi connectivity index (χ3v) is 6.26. The molecule has 0 radical (unpaired) electrons. The summed E-state index contributed by atoms with van der Waals surface area (Å²) in [6.07, 6.45) is 3.54. The fourth-order valence-corrected chi connectivity index (χ4v) is 3.83. The number of halogens is 1. The van der Waals surface area contributed by atoms with Crippen molar-refractivity contribution in [3.63, 3.8) is 0 Å². The predicted molar refractivity (Wildman–Crippen MR) is 96.9 cm³/mol. The molecule has 7 nitrogen and oxygen atoms in total. The molecule has 9 heteroatoms. The Bertz CT molecular complexity index is 1020. The van der Waals surface area contributed by atoms with Gasteiger partial charge < -0.3 is 8.92 Å². The van der Waals surface area contributed by atoms with Gasteiger partial charge in [0, 0.05) is 22.3 Å². The van der Waals surface area contributed by atoms with Crippen LogP contribution in [0.3, 0.4) is 0 Å². The second-order valence-corrected chi connectivity index (χ2v) is 10.2. The van der Waals surface area contributed by atoms with Crippen LogP contribution in [0.1, 0.15) is 50.4 Å². The minimum Gasteiger partial charge on any atom is -0.338 e. The van der Waals surface area contributed by atoms with Crippen LogP contribution in [0.4, 0.5) is 0 Å². The van der Waals surface area contributed by atoms with Crippen molar-refractivity contribution in [2.45, 2.75) is 44.1 Å². The molecule has 0 saturated heterocycles. The Morgan fingerprint density at radius 2 is 1.96 bits per heavy atom. The molecule has 0 amide bonds. The molecule has 0 N–H and O–H groups in total. The van der Waals surface area contributed by atoms with Crippen LogP contribution in [-0.4, -0.2) is 27.9 Å². The van der Waals surface area contributed by atoms with E-state index in [0.29, 0.717) is 17.2 Å². The number of rotatable bonds is 4. The molecule has 0 fully saturated rings. The van der Waals surface area contributed by atoms with Gasteiger partial charge in [-0.25, -0.2) is 13.4 Å². The third kappa shape index (κ3) is 3.77. The van der Waals surface area contributed by atoms with Gasteiger partial charge in [0.05, 0.1) is 11.4 Å². The van der Waals surface area contributed by atoms with Crippen molar-refractivity contribution in [2.24, 2.45) is 0 Å². The van der Waals surface area contributed by atoms with Crippen molar-refractivity contribution >= 4 is 31.4 Å². The first-order valence-corrected chi connectivity index (χ1v) is 10.3. The van der Waals surface area contributed by atoms with Crippen LogP contribution in [-0.2, 0) is 21.0 Å². The predicted octanol–water partition coefficient (Wildman–Crippen LogP) is 3.45. The average molecular weight is 427 g/mol. The molecule has 0 aliphatic heterocycles. The van der Waals surface area contributed by atoms with Crippen molar-refractivity contribution < 1.29 is 12.9 Å². The molecule has 3 heterocycles. The maximum Gasteiger partial charge on any atom is 0.244 e. The molecular weight excluding hydrogens is 408 g/mol. The minimum absolute atomic E-state index is 0.108. The van der Waals surface area contributed by atoms with E-state index in [1.165, 1.54) is 0 Å². The van der Waals surface area contributed by atoms with Gasteiger partial charge in [-0.1, -0.05) is 25.9 Å². The van der Waals surface area contributed by atoms with E-state index in [1.807, 2.05) is 39.1 Å². The maximum absolute atomic E-state index is 12.7. The number of pyridine rings is 1. The van der Waals surface area contributed by atoms with Gasteiger partial charge in [-0.15, -0.1) is 0 Å². The van der Waals surface area contributed by atoms with Crippen molar-refractivity contribution in [3.8, 4) is 0 Å². The van der Waals surface area contributed by atoms with Crippen molar-refractivity contribution in [1.82, 2.24) is 19.5 Å². The van der Waals surface area contributed by atoms with Crippen LogP contribution in [0.2, 0.25) is 0 Å². The fraction of sp³-hybridized carbons (Fsp3) is 0.438. The lowest BCUT2D eigenvalue weighted by molar-refractivity contribution is 0.361. The smallest absolute Gasteiger partial charge is 0.244 e. The molecule has 0 saturated carbocycles. The molecular formula is C16H19BrN4O3S. The summed E-state index contributed by atoms with van der Waals surface area (Å²) in [6.45, 7) is 7.38. The summed E-state index contributed by atoms with van der Waals surface area (Å²) in [5.74, 6) is 0.402. The summed E-state index contributed by atoms with van der Waals surface area (Å²) < 4.78 is 33.3. The molecule has 0 aliphatic rings. The van der Waals surface area contributed by atoms with E-state index in [9.17, 15) is 8.42 Å². The Morgan fingerprint density at radius 3 is 2.60 bits per heavy atom. The van der Waals surface area contributed by atoms with Crippen molar-refractivity contribution in [1.29, 1.82) is 0 Å². The number of hydrogen-bond acceptors (Lipinski definition) is 6. The molecule has 0 aromatic carbocycles. The van der Waals surface area contributed by atoms with Crippen molar-refractivity contribution in [3.05, 3.63) is 46.4 Å². The van der Waals surface area contributed by atoms with Gasteiger partial charge >= 0.3 is 0 Å². The summed E-state index contributed by atoms with van der Waals surface area (Å²) in [4.78, 5) is 8.61. The van der Waals surface area contributed by atoms with E-state index >= 15 is 0 Å². The van der Waals surface area contributed by atoms with E-state index in [0.717, 1.165) is 4.47 Å². The Kier molecular flexibility index (Phi) is 4.48. The number of nitrogens with zero attached hydrogens (tertiary/aromatic N) is 4. The zero-order valence-corrected chi connectivity index (χ0v) is 16.8. The highest BCUT2D eigenvalue weighted by atomic mass is 79.9. The lowest BCUT2D eigenvalue weighted by Gasteiger charge is -2.11. The summed E-state index contributed by atoms with van der Waals surface area (Å²) in [6, 6.07) is 3.67. The highest BCUT2D eigenvalue weighted by molar-refractivity contribution is 9.10. The molecule has 0 aliphatic carbocycles. The monoisotopic (exact) mass is 426 g/mol. The first kappa shape index (κ1) is 18.1. The molecule has 0 unspecified atom stereocenters. The summed E-state index contributed by atoms with van der Waals surface area (Å²) in [5.41, 5.74) is 0.856. The quantitative estimate of drug-likeness (QED) is 0.634. The number of hydrogen-bond donors (Lipinski definition) is 0. The molecule has 25 heavy (non-hydrogen) atoms. The van der Waals surface area contributed by atoms with Crippen LogP contribution < -0.4 is 0 Å². The fourth-order valence-electron chi connectivity index (χ4n) is 2.28. The van der Waals surface area contributed by atoms with Crippen LogP contribution >= 0.6 is 15.9 Å². The van der Waals surface area contributed by atoms with Crippen LogP contribution in [0, 0.1) is 0 Å². The zero-order chi connectivity index (χ0) is 18.4. The lowest BCUT2D eigenvalue weighted by Crippen LogP contribution is -2.15. The van der Waals surface area contributed by atoms with Crippen LogP contribution in [0.5, 0.6) is 0 Å².